The number of ether oxygens (including phenoxy) is 1. The third kappa shape index (κ3) is 3.82. The second-order valence-corrected chi connectivity index (χ2v) is 4.99. The number of nitrogens with one attached hydrogen (secondary N) is 1. The second-order valence-electron chi connectivity index (χ2n) is 4.99. The molecule has 0 bridgehead atoms. The Morgan fingerprint density at radius 1 is 1.38 bits per heavy atom. The number of rotatable bonds is 7. The Kier molecular flexibility index (Phi) is 5.33. The highest BCUT2D eigenvalue weighted by atomic mass is 19.1. The van der Waals surface area contributed by atoms with E-state index in [9.17, 15) is 4.39 Å². The Morgan fingerprint density at radius 3 is 2.81 bits per heavy atom. The second kappa shape index (κ2) is 7.22. The van der Waals surface area contributed by atoms with Crippen LogP contribution in [0.25, 0.3) is 0 Å². The van der Waals surface area contributed by atoms with Crippen molar-refractivity contribution in [2.75, 3.05) is 13.7 Å². The predicted octanol–water partition coefficient (Wildman–Crippen LogP) is 2.85. The first-order chi connectivity index (χ1) is 10.2. The molecule has 1 atom stereocenters. The van der Waals surface area contributed by atoms with Crippen molar-refractivity contribution in [2.24, 2.45) is 7.05 Å². The molecule has 1 unspecified atom stereocenters. The maximum atomic E-state index is 13.5. The first kappa shape index (κ1) is 15.5. The first-order valence-electron chi connectivity index (χ1n) is 7.19. The number of methoxy groups -OCH3 is 1. The predicted molar refractivity (Wildman–Crippen MR) is 80.9 cm³/mol. The van der Waals surface area contributed by atoms with Crippen LogP contribution in [0.5, 0.6) is 5.75 Å². The zero-order valence-corrected chi connectivity index (χ0v) is 12.8. The molecule has 0 saturated heterocycles. The SMILES string of the molecule is CCNC(CCc1ccnn1C)c1ccc(F)c(OC)c1. The van der Waals surface area contributed by atoms with Crippen LogP contribution in [-0.4, -0.2) is 23.4 Å². The third-order valence-electron chi connectivity index (χ3n) is 3.64. The summed E-state index contributed by atoms with van der Waals surface area (Å²) in [7, 11) is 3.43. The zero-order valence-electron chi connectivity index (χ0n) is 12.8. The molecule has 1 aromatic carbocycles. The van der Waals surface area contributed by atoms with E-state index < -0.39 is 0 Å². The van der Waals surface area contributed by atoms with E-state index in [-0.39, 0.29) is 17.6 Å². The molecule has 4 nitrogen and oxygen atoms in total. The van der Waals surface area contributed by atoms with Crippen LogP contribution in [0.15, 0.2) is 30.5 Å². The highest BCUT2D eigenvalue weighted by Gasteiger charge is 2.14. The monoisotopic (exact) mass is 291 g/mol. The van der Waals surface area contributed by atoms with Gasteiger partial charge in [-0.05, 0) is 43.1 Å². The third-order valence-corrected chi connectivity index (χ3v) is 3.64. The van der Waals surface area contributed by atoms with Gasteiger partial charge in [0.1, 0.15) is 0 Å². The summed E-state index contributed by atoms with van der Waals surface area (Å²) >= 11 is 0. The molecular weight excluding hydrogens is 269 g/mol. The Balaban J connectivity index is 2.12. The summed E-state index contributed by atoms with van der Waals surface area (Å²) in [5, 5.41) is 7.62. The van der Waals surface area contributed by atoms with Gasteiger partial charge in [0.2, 0.25) is 0 Å². The van der Waals surface area contributed by atoms with Gasteiger partial charge < -0.3 is 10.1 Å². The Morgan fingerprint density at radius 2 is 2.19 bits per heavy atom. The molecule has 1 heterocycles. The minimum absolute atomic E-state index is 0.166. The van der Waals surface area contributed by atoms with Crippen LogP contribution in [0.1, 0.15) is 30.6 Å². The van der Waals surface area contributed by atoms with Gasteiger partial charge in [0, 0.05) is 25.0 Å². The summed E-state index contributed by atoms with van der Waals surface area (Å²) in [5.74, 6) is -0.0425. The number of aryl methyl sites for hydroxylation is 2. The van der Waals surface area contributed by atoms with Crippen molar-refractivity contribution < 1.29 is 9.13 Å². The van der Waals surface area contributed by atoms with Crippen molar-refractivity contribution in [3.05, 3.63) is 47.5 Å². The molecule has 0 amide bonds. The van der Waals surface area contributed by atoms with Crippen LogP contribution in [0.2, 0.25) is 0 Å². The van der Waals surface area contributed by atoms with Gasteiger partial charge in [0.05, 0.1) is 7.11 Å². The smallest absolute Gasteiger partial charge is 0.165 e. The normalized spacial score (nSPS) is 12.4. The Labute approximate surface area is 124 Å². The summed E-state index contributed by atoms with van der Waals surface area (Å²) in [6.07, 6.45) is 3.63. The summed E-state index contributed by atoms with van der Waals surface area (Å²) in [6.45, 7) is 2.92. The highest BCUT2D eigenvalue weighted by Crippen LogP contribution is 2.25. The van der Waals surface area contributed by atoms with E-state index in [0.717, 1.165) is 24.9 Å². The summed E-state index contributed by atoms with van der Waals surface area (Å²) in [4.78, 5) is 0. The summed E-state index contributed by atoms with van der Waals surface area (Å²) < 4.78 is 20.5. The molecule has 0 spiro atoms. The van der Waals surface area contributed by atoms with E-state index in [1.165, 1.54) is 18.9 Å². The number of aromatic nitrogens is 2. The average molecular weight is 291 g/mol. The van der Waals surface area contributed by atoms with E-state index in [2.05, 4.69) is 17.3 Å². The van der Waals surface area contributed by atoms with Crippen molar-refractivity contribution in [1.82, 2.24) is 15.1 Å². The van der Waals surface area contributed by atoms with E-state index in [4.69, 9.17) is 4.74 Å². The van der Waals surface area contributed by atoms with E-state index >= 15 is 0 Å². The summed E-state index contributed by atoms with van der Waals surface area (Å²) in [6, 6.07) is 7.23. The van der Waals surface area contributed by atoms with Crippen LogP contribution in [0.3, 0.4) is 0 Å². The molecule has 114 valence electrons. The van der Waals surface area contributed by atoms with Gasteiger partial charge in [0.15, 0.2) is 11.6 Å². The fraction of sp³-hybridized carbons (Fsp3) is 0.438. The number of halogens is 1. The number of benzene rings is 1. The molecule has 0 aliphatic heterocycles. The van der Waals surface area contributed by atoms with Crippen molar-refractivity contribution >= 4 is 0 Å². The van der Waals surface area contributed by atoms with Crippen molar-refractivity contribution in [3.63, 3.8) is 0 Å². The molecule has 1 aromatic heterocycles. The summed E-state index contributed by atoms with van der Waals surface area (Å²) in [5.41, 5.74) is 2.23. The fourth-order valence-corrected chi connectivity index (χ4v) is 2.46. The van der Waals surface area contributed by atoms with E-state index in [1.54, 1.807) is 12.3 Å². The molecule has 0 aliphatic carbocycles. The highest BCUT2D eigenvalue weighted by molar-refractivity contribution is 5.32. The van der Waals surface area contributed by atoms with Gasteiger partial charge in [-0.15, -0.1) is 0 Å². The Bertz CT molecular complexity index is 583. The molecule has 0 aliphatic rings. The van der Waals surface area contributed by atoms with Crippen LogP contribution < -0.4 is 10.1 Å². The van der Waals surface area contributed by atoms with Crippen molar-refractivity contribution in [1.29, 1.82) is 0 Å². The minimum atomic E-state index is -0.330. The van der Waals surface area contributed by atoms with Gasteiger partial charge in [-0.1, -0.05) is 13.0 Å². The topological polar surface area (TPSA) is 39.1 Å². The molecule has 1 N–H and O–H groups in total. The first-order valence-corrected chi connectivity index (χ1v) is 7.19. The quantitative estimate of drug-likeness (QED) is 0.852. The molecule has 2 aromatic rings. The lowest BCUT2D eigenvalue weighted by Crippen LogP contribution is -2.22. The molecular formula is C16H22FN3O. The van der Waals surface area contributed by atoms with Crippen LogP contribution >= 0.6 is 0 Å². The average Bonchev–Trinajstić information content (AvgIpc) is 2.89. The van der Waals surface area contributed by atoms with Crippen molar-refractivity contribution in [3.8, 4) is 5.75 Å². The number of hydrogen-bond donors (Lipinski definition) is 1. The minimum Gasteiger partial charge on any atom is -0.494 e. The maximum absolute atomic E-state index is 13.5. The number of nitrogens with zero attached hydrogens (tertiary/aromatic N) is 2. The van der Waals surface area contributed by atoms with Gasteiger partial charge in [-0.2, -0.15) is 5.10 Å². The van der Waals surface area contributed by atoms with Gasteiger partial charge in [-0.25, -0.2) is 4.39 Å². The van der Waals surface area contributed by atoms with Gasteiger partial charge in [-0.3, -0.25) is 4.68 Å². The maximum Gasteiger partial charge on any atom is 0.165 e. The molecule has 0 fully saturated rings. The molecule has 5 heteroatoms. The van der Waals surface area contributed by atoms with Crippen LogP contribution in [0, 0.1) is 5.82 Å². The van der Waals surface area contributed by atoms with Gasteiger partial charge in [0.25, 0.3) is 0 Å². The van der Waals surface area contributed by atoms with Gasteiger partial charge >= 0.3 is 0 Å². The number of hydrogen-bond acceptors (Lipinski definition) is 3. The van der Waals surface area contributed by atoms with E-state index in [1.807, 2.05) is 23.9 Å². The standard InChI is InChI=1S/C16H22FN3O/c1-4-18-15(8-6-13-9-10-19-20(13)2)12-5-7-14(17)16(11-12)21-3/h5,7,9-11,15,18H,4,6,8H2,1-3H3. The fourth-order valence-electron chi connectivity index (χ4n) is 2.46. The Hall–Kier alpha value is -1.88. The molecule has 21 heavy (non-hydrogen) atoms. The lowest BCUT2D eigenvalue weighted by Gasteiger charge is -2.19. The largest absolute Gasteiger partial charge is 0.494 e. The van der Waals surface area contributed by atoms with E-state index in [0.29, 0.717) is 0 Å². The van der Waals surface area contributed by atoms with Crippen LogP contribution in [-0.2, 0) is 13.5 Å². The lowest BCUT2D eigenvalue weighted by atomic mass is 10.0. The van der Waals surface area contributed by atoms with Crippen molar-refractivity contribution in [2.45, 2.75) is 25.8 Å². The molecule has 0 saturated carbocycles. The molecule has 2 rings (SSSR count). The lowest BCUT2D eigenvalue weighted by molar-refractivity contribution is 0.384. The zero-order chi connectivity index (χ0) is 15.2. The molecule has 0 radical (unpaired) electrons. The van der Waals surface area contributed by atoms with Crippen LogP contribution in [0.4, 0.5) is 4.39 Å².